The van der Waals surface area contributed by atoms with Gasteiger partial charge in [-0.3, -0.25) is 0 Å². The molecule has 0 saturated carbocycles. The fourth-order valence-corrected chi connectivity index (χ4v) is 1.78. The average Bonchev–Trinajstić information content (AvgIpc) is 2.26. The molecule has 0 heterocycles. The molecule has 0 aromatic heterocycles. The number of hydrogen-bond donors (Lipinski definition) is 0. The molecule has 0 unspecified atom stereocenters. The molecular formula is C15H26. The Labute approximate surface area is 95.8 Å². The van der Waals surface area contributed by atoms with Crippen molar-refractivity contribution in [1.82, 2.24) is 0 Å². The standard InChI is InChI=1S/C15H26/c1-5-9-10-12-15(8-4)13-14(7-3)11-6-2/h5,8,13-14H,1,4,6-7,9-12H2,2-3H3/b15-13+/t14-/m0/s1. The first-order valence-electron chi connectivity index (χ1n) is 6.22. The van der Waals surface area contributed by atoms with Gasteiger partial charge < -0.3 is 0 Å². The molecular weight excluding hydrogens is 180 g/mol. The summed E-state index contributed by atoms with van der Waals surface area (Å²) in [4.78, 5) is 0. The molecule has 0 heteroatoms. The van der Waals surface area contributed by atoms with Crippen molar-refractivity contribution in [1.29, 1.82) is 0 Å². The summed E-state index contributed by atoms with van der Waals surface area (Å²) in [5.41, 5.74) is 1.41. The van der Waals surface area contributed by atoms with Crippen LogP contribution in [0.5, 0.6) is 0 Å². The maximum Gasteiger partial charge on any atom is -0.0230 e. The number of hydrogen-bond acceptors (Lipinski definition) is 0. The normalized spacial score (nSPS) is 13.6. The van der Waals surface area contributed by atoms with Gasteiger partial charge in [-0.2, -0.15) is 0 Å². The zero-order valence-electron chi connectivity index (χ0n) is 10.5. The van der Waals surface area contributed by atoms with Crippen LogP contribution >= 0.6 is 0 Å². The third-order valence-electron chi connectivity index (χ3n) is 2.77. The first-order valence-corrected chi connectivity index (χ1v) is 6.22. The lowest BCUT2D eigenvalue weighted by Crippen LogP contribution is -1.95. The molecule has 86 valence electrons. The quantitative estimate of drug-likeness (QED) is 0.273. The van der Waals surface area contributed by atoms with Crippen molar-refractivity contribution in [2.45, 2.75) is 52.4 Å². The van der Waals surface area contributed by atoms with Crippen LogP contribution in [0.2, 0.25) is 0 Å². The summed E-state index contributed by atoms with van der Waals surface area (Å²) in [5.74, 6) is 0.742. The van der Waals surface area contributed by atoms with Gasteiger partial charge in [0.2, 0.25) is 0 Å². The molecule has 0 radical (unpaired) electrons. The molecule has 0 aliphatic carbocycles. The van der Waals surface area contributed by atoms with Crippen molar-refractivity contribution >= 4 is 0 Å². The van der Waals surface area contributed by atoms with Gasteiger partial charge in [-0.15, -0.1) is 6.58 Å². The molecule has 0 aromatic rings. The monoisotopic (exact) mass is 206 g/mol. The molecule has 0 spiro atoms. The van der Waals surface area contributed by atoms with Crippen LogP contribution in [0.25, 0.3) is 0 Å². The fraction of sp³-hybridized carbons (Fsp3) is 0.600. The summed E-state index contributed by atoms with van der Waals surface area (Å²) in [6.45, 7) is 12.2. The minimum atomic E-state index is 0.742. The Morgan fingerprint density at radius 3 is 2.47 bits per heavy atom. The van der Waals surface area contributed by atoms with Crippen LogP contribution in [0, 0.1) is 5.92 Å². The summed E-state index contributed by atoms with van der Waals surface area (Å²) in [7, 11) is 0. The van der Waals surface area contributed by atoms with Crippen molar-refractivity contribution in [2.24, 2.45) is 5.92 Å². The van der Waals surface area contributed by atoms with E-state index in [1.807, 2.05) is 12.2 Å². The van der Waals surface area contributed by atoms with Gasteiger partial charge in [-0.05, 0) is 38.0 Å². The Balaban J connectivity index is 4.14. The van der Waals surface area contributed by atoms with Crippen LogP contribution < -0.4 is 0 Å². The Morgan fingerprint density at radius 2 is 2.00 bits per heavy atom. The van der Waals surface area contributed by atoms with Gasteiger partial charge in [0.25, 0.3) is 0 Å². The van der Waals surface area contributed by atoms with Crippen molar-refractivity contribution in [3.8, 4) is 0 Å². The number of rotatable bonds is 9. The summed E-state index contributed by atoms with van der Waals surface area (Å²) < 4.78 is 0. The highest BCUT2D eigenvalue weighted by Crippen LogP contribution is 2.18. The van der Waals surface area contributed by atoms with Gasteiger partial charge >= 0.3 is 0 Å². The Kier molecular flexibility index (Phi) is 9.26. The fourth-order valence-electron chi connectivity index (χ4n) is 1.78. The van der Waals surface area contributed by atoms with E-state index in [0.717, 1.165) is 18.8 Å². The van der Waals surface area contributed by atoms with E-state index in [4.69, 9.17) is 0 Å². The minimum absolute atomic E-state index is 0.742. The van der Waals surface area contributed by atoms with Crippen molar-refractivity contribution < 1.29 is 0 Å². The predicted octanol–water partition coefficient (Wildman–Crippen LogP) is 5.28. The van der Waals surface area contributed by atoms with E-state index in [1.165, 1.54) is 31.3 Å². The molecule has 0 N–H and O–H groups in total. The predicted molar refractivity (Wildman–Crippen MR) is 71.0 cm³/mol. The third kappa shape index (κ3) is 7.18. The molecule has 0 nitrogen and oxygen atoms in total. The lowest BCUT2D eigenvalue weighted by atomic mass is 9.96. The first-order chi connectivity index (χ1) is 7.28. The summed E-state index contributed by atoms with van der Waals surface area (Å²) in [6.07, 6.45) is 13.7. The zero-order chi connectivity index (χ0) is 11.5. The second kappa shape index (κ2) is 9.76. The molecule has 0 bridgehead atoms. The molecule has 0 aromatic carbocycles. The zero-order valence-corrected chi connectivity index (χ0v) is 10.5. The van der Waals surface area contributed by atoms with Crippen LogP contribution in [0.15, 0.2) is 37.0 Å². The number of unbranched alkanes of at least 4 members (excludes halogenated alkanes) is 1. The molecule has 0 fully saturated rings. The summed E-state index contributed by atoms with van der Waals surface area (Å²) in [5, 5.41) is 0. The molecule has 0 rings (SSSR count). The largest absolute Gasteiger partial charge is 0.103 e. The Bertz CT molecular complexity index is 198. The van der Waals surface area contributed by atoms with Crippen LogP contribution in [0.1, 0.15) is 52.4 Å². The van der Waals surface area contributed by atoms with E-state index < -0.39 is 0 Å². The summed E-state index contributed by atoms with van der Waals surface area (Å²) >= 11 is 0. The average molecular weight is 206 g/mol. The lowest BCUT2D eigenvalue weighted by molar-refractivity contribution is 0.559. The van der Waals surface area contributed by atoms with E-state index in [0.29, 0.717) is 0 Å². The van der Waals surface area contributed by atoms with Gasteiger partial charge in [0.15, 0.2) is 0 Å². The molecule has 0 amide bonds. The molecule has 0 saturated heterocycles. The molecule has 0 aliphatic heterocycles. The maximum absolute atomic E-state index is 3.89. The highest BCUT2D eigenvalue weighted by molar-refractivity contribution is 5.17. The van der Waals surface area contributed by atoms with Crippen molar-refractivity contribution in [3.63, 3.8) is 0 Å². The van der Waals surface area contributed by atoms with Gasteiger partial charge in [0.05, 0.1) is 0 Å². The van der Waals surface area contributed by atoms with Crippen LogP contribution in [-0.4, -0.2) is 0 Å². The second-order valence-corrected chi connectivity index (χ2v) is 4.08. The van der Waals surface area contributed by atoms with Crippen molar-refractivity contribution in [2.75, 3.05) is 0 Å². The smallest absolute Gasteiger partial charge is 0.0230 e. The molecule has 15 heavy (non-hydrogen) atoms. The minimum Gasteiger partial charge on any atom is -0.103 e. The van der Waals surface area contributed by atoms with Crippen molar-refractivity contribution in [3.05, 3.63) is 37.0 Å². The Morgan fingerprint density at radius 1 is 1.27 bits per heavy atom. The second-order valence-electron chi connectivity index (χ2n) is 4.08. The SMILES string of the molecule is C=CCCC/C(C=C)=C/[C@@H](CC)CCC. The lowest BCUT2D eigenvalue weighted by Gasteiger charge is -2.10. The van der Waals surface area contributed by atoms with Crippen LogP contribution in [-0.2, 0) is 0 Å². The van der Waals surface area contributed by atoms with Gasteiger partial charge in [-0.25, -0.2) is 0 Å². The van der Waals surface area contributed by atoms with Crippen LogP contribution in [0.3, 0.4) is 0 Å². The maximum atomic E-state index is 3.89. The molecule has 1 atom stereocenters. The van der Waals surface area contributed by atoms with E-state index in [9.17, 15) is 0 Å². The van der Waals surface area contributed by atoms with E-state index in [1.54, 1.807) is 0 Å². The van der Waals surface area contributed by atoms with Gasteiger partial charge in [0.1, 0.15) is 0 Å². The highest BCUT2D eigenvalue weighted by atomic mass is 14.1. The highest BCUT2D eigenvalue weighted by Gasteiger charge is 2.02. The topological polar surface area (TPSA) is 0 Å². The van der Waals surface area contributed by atoms with E-state index in [-0.39, 0.29) is 0 Å². The Hall–Kier alpha value is -0.780. The van der Waals surface area contributed by atoms with Gasteiger partial charge in [0, 0.05) is 0 Å². The third-order valence-corrected chi connectivity index (χ3v) is 2.77. The van der Waals surface area contributed by atoms with E-state index in [2.05, 4.69) is 33.1 Å². The first kappa shape index (κ1) is 14.2. The molecule has 0 aliphatic rings. The van der Waals surface area contributed by atoms with E-state index >= 15 is 0 Å². The van der Waals surface area contributed by atoms with Crippen LogP contribution in [0.4, 0.5) is 0 Å². The summed E-state index contributed by atoms with van der Waals surface area (Å²) in [6, 6.07) is 0. The van der Waals surface area contributed by atoms with Gasteiger partial charge in [-0.1, -0.05) is 50.6 Å². The number of allylic oxidation sites excluding steroid dienone is 4.